The highest BCUT2D eigenvalue weighted by Crippen LogP contribution is 2.45. The van der Waals surface area contributed by atoms with E-state index in [1.165, 1.54) is 12.1 Å². The number of anilines is 1. The van der Waals surface area contributed by atoms with Crippen molar-refractivity contribution in [3.05, 3.63) is 65.1 Å². The van der Waals surface area contributed by atoms with Crippen LogP contribution in [0.25, 0.3) is 0 Å². The monoisotopic (exact) mass is 420 g/mol. The number of para-hydroxylation sites is 1. The molecule has 0 radical (unpaired) electrons. The first-order valence-corrected chi connectivity index (χ1v) is 10.3. The zero-order chi connectivity index (χ0) is 21.5. The van der Waals surface area contributed by atoms with Gasteiger partial charge in [-0.15, -0.1) is 0 Å². The van der Waals surface area contributed by atoms with Crippen molar-refractivity contribution < 1.29 is 23.5 Å². The average molecular weight is 420 g/mol. The second kappa shape index (κ2) is 7.65. The standard InChI is InChI=1S/C24H21FN2O4/c1-13-21(24(29)27-16-6-3-2-5-15(16)25)22(23-17(26-13)7-4-8-18(23)28)14-9-10-19-20(11-14)31-12-30-19/h2-3,5-6,9-11,22-23H,4,7-8,12H2,1H3,(H,27,29)/t22-,23-/m0/s1. The van der Waals surface area contributed by atoms with Crippen molar-refractivity contribution in [3.8, 4) is 11.5 Å². The van der Waals surface area contributed by atoms with E-state index in [-0.39, 0.29) is 18.3 Å². The normalized spacial score (nSPS) is 22.1. The van der Waals surface area contributed by atoms with Crippen LogP contribution in [0.4, 0.5) is 10.1 Å². The maximum absolute atomic E-state index is 14.2. The third kappa shape index (κ3) is 3.40. The molecule has 3 aliphatic rings. The molecule has 1 saturated carbocycles. The van der Waals surface area contributed by atoms with Gasteiger partial charge in [0.15, 0.2) is 11.5 Å². The lowest BCUT2D eigenvalue weighted by molar-refractivity contribution is -0.122. The van der Waals surface area contributed by atoms with E-state index in [9.17, 15) is 14.0 Å². The second-order valence-electron chi connectivity index (χ2n) is 7.92. The number of Topliss-reactive ketones (excluding diaryl/α,β-unsaturated/α-hetero) is 1. The van der Waals surface area contributed by atoms with E-state index in [1.54, 1.807) is 25.1 Å². The number of hydrogen-bond acceptors (Lipinski definition) is 5. The molecule has 2 atom stereocenters. The molecule has 31 heavy (non-hydrogen) atoms. The molecule has 0 bridgehead atoms. The van der Waals surface area contributed by atoms with Gasteiger partial charge < -0.3 is 14.8 Å². The molecule has 2 aromatic rings. The number of fused-ring (bicyclic) bond motifs is 2. The summed E-state index contributed by atoms with van der Waals surface area (Å²) in [6.45, 7) is 1.90. The molecule has 7 heteroatoms. The summed E-state index contributed by atoms with van der Waals surface area (Å²) in [4.78, 5) is 31.0. The van der Waals surface area contributed by atoms with Gasteiger partial charge in [0.2, 0.25) is 6.79 Å². The van der Waals surface area contributed by atoms with Gasteiger partial charge in [-0.1, -0.05) is 18.2 Å². The smallest absolute Gasteiger partial charge is 0.254 e. The zero-order valence-electron chi connectivity index (χ0n) is 17.0. The number of hydrogen-bond donors (Lipinski definition) is 1. The minimum absolute atomic E-state index is 0.0661. The molecule has 6 nitrogen and oxygen atoms in total. The van der Waals surface area contributed by atoms with Crippen molar-refractivity contribution in [2.75, 3.05) is 12.1 Å². The molecular formula is C24H21FN2O4. The van der Waals surface area contributed by atoms with Crippen LogP contribution in [0.3, 0.4) is 0 Å². The Morgan fingerprint density at radius 2 is 1.90 bits per heavy atom. The Bertz CT molecular complexity index is 1150. The van der Waals surface area contributed by atoms with E-state index in [2.05, 4.69) is 10.3 Å². The van der Waals surface area contributed by atoms with Gasteiger partial charge in [-0.3, -0.25) is 14.6 Å². The number of rotatable bonds is 3. The van der Waals surface area contributed by atoms with Crippen LogP contribution < -0.4 is 14.8 Å². The fourth-order valence-corrected chi connectivity index (χ4v) is 4.64. The van der Waals surface area contributed by atoms with Crippen molar-refractivity contribution >= 4 is 23.1 Å². The van der Waals surface area contributed by atoms with Gasteiger partial charge in [0.25, 0.3) is 5.91 Å². The third-order valence-electron chi connectivity index (χ3n) is 6.03. The molecule has 1 N–H and O–H groups in total. The molecule has 2 heterocycles. The first-order valence-electron chi connectivity index (χ1n) is 10.3. The molecular weight excluding hydrogens is 399 g/mol. The SMILES string of the molecule is CC1=C(C(=O)Nc2ccccc2F)[C@H](c2ccc3c(c2)OCO3)[C@@H]2C(=O)CCCC2=N1. The molecule has 1 fully saturated rings. The number of halogens is 1. The van der Waals surface area contributed by atoms with Gasteiger partial charge in [0.1, 0.15) is 11.6 Å². The van der Waals surface area contributed by atoms with E-state index in [0.29, 0.717) is 29.2 Å². The van der Waals surface area contributed by atoms with E-state index >= 15 is 0 Å². The highest BCUT2D eigenvalue weighted by molar-refractivity contribution is 6.14. The van der Waals surface area contributed by atoms with Gasteiger partial charge in [0.05, 0.1) is 11.6 Å². The number of allylic oxidation sites excluding steroid dienone is 1. The number of ketones is 1. The quantitative estimate of drug-likeness (QED) is 0.800. The fraction of sp³-hybridized carbons (Fsp3) is 0.292. The van der Waals surface area contributed by atoms with Crippen molar-refractivity contribution in [1.82, 2.24) is 0 Å². The topological polar surface area (TPSA) is 77.0 Å². The maximum atomic E-state index is 14.2. The molecule has 2 aliphatic heterocycles. The van der Waals surface area contributed by atoms with E-state index in [1.807, 2.05) is 12.1 Å². The summed E-state index contributed by atoms with van der Waals surface area (Å²) in [5, 5.41) is 2.66. The predicted molar refractivity (Wildman–Crippen MR) is 113 cm³/mol. The lowest BCUT2D eigenvalue weighted by Crippen LogP contribution is -2.39. The van der Waals surface area contributed by atoms with Gasteiger partial charge in [-0.25, -0.2) is 4.39 Å². The summed E-state index contributed by atoms with van der Waals surface area (Å²) in [7, 11) is 0. The van der Waals surface area contributed by atoms with Gasteiger partial charge in [0, 0.05) is 29.3 Å². The number of carbonyl (C=O) groups is 2. The molecule has 5 rings (SSSR count). The molecule has 0 unspecified atom stereocenters. The first kappa shape index (κ1) is 19.5. The van der Waals surface area contributed by atoms with Gasteiger partial charge in [-0.2, -0.15) is 0 Å². The Kier molecular flexibility index (Phi) is 4.81. The lowest BCUT2D eigenvalue weighted by atomic mass is 9.69. The number of aliphatic imine (C=N–C) groups is 1. The summed E-state index contributed by atoms with van der Waals surface area (Å²) in [6.07, 6.45) is 1.93. The van der Waals surface area contributed by atoms with Crippen LogP contribution in [0.5, 0.6) is 11.5 Å². The van der Waals surface area contributed by atoms with Crippen molar-refractivity contribution in [2.45, 2.75) is 32.1 Å². The van der Waals surface area contributed by atoms with Crippen LogP contribution in [0.1, 0.15) is 37.7 Å². The van der Waals surface area contributed by atoms with Crippen molar-refractivity contribution in [3.63, 3.8) is 0 Å². The van der Waals surface area contributed by atoms with Crippen LogP contribution in [0.2, 0.25) is 0 Å². The Balaban J connectivity index is 1.60. The summed E-state index contributed by atoms with van der Waals surface area (Å²) in [5.74, 6) is -0.760. The van der Waals surface area contributed by atoms with E-state index in [0.717, 1.165) is 24.1 Å². The minimum Gasteiger partial charge on any atom is -0.454 e. The second-order valence-corrected chi connectivity index (χ2v) is 7.92. The fourth-order valence-electron chi connectivity index (χ4n) is 4.64. The average Bonchev–Trinajstić information content (AvgIpc) is 3.22. The molecule has 2 aromatic carbocycles. The molecule has 0 aromatic heterocycles. The zero-order valence-corrected chi connectivity index (χ0v) is 17.0. The van der Waals surface area contributed by atoms with Crippen LogP contribution in [0.15, 0.2) is 58.7 Å². The molecule has 0 saturated heterocycles. The van der Waals surface area contributed by atoms with Crippen molar-refractivity contribution in [1.29, 1.82) is 0 Å². The van der Waals surface area contributed by atoms with E-state index in [4.69, 9.17) is 9.47 Å². The minimum atomic E-state index is -0.526. The number of benzene rings is 2. The summed E-state index contributed by atoms with van der Waals surface area (Å²) < 4.78 is 25.1. The van der Waals surface area contributed by atoms with Crippen LogP contribution >= 0.6 is 0 Å². The molecule has 1 amide bonds. The van der Waals surface area contributed by atoms with Crippen LogP contribution in [0, 0.1) is 11.7 Å². The van der Waals surface area contributed by atoms with Crippen molar-refractivity contribution in [2.24, 2.45) is 10.9 Å². The summed E-state index contributed by atoms with van der Waals surface area (Å²) >= 11 is 0. The number of amides is 1. The maximum Gasteiger partial charge on any atom is 0.254 e. The number of carbonyl (C=O) groups excluding carboxylic acids is 2. The number of nitrogens with zero attached hydrogens (tertiary/aromatic N) is 1. The van der Waals surface area contributed by atoms with Crippen LogP contribution in [-0.4, -0.2) is 24.2 Å². The summed E-state index contributed by atoms with van der Waals surface area (Å²) in [5.41, 5.74) is 2.57. The van der Waals surface area contributed by atoms with E-state index < -0.39 is 23.6 Å². The van der Waals surface area contributed by atoms with Crippen LogP contribution in [-0.2, 0) is 9.59 Å². The molecule has 1 aliphatic carbocycles. The Hall–Kier alpha value is -3.48. The highest BCUT2D eigenvalue weighted by atomic mass is 19.1. The predicted octanol–water partition coefficient (Wildman–Crippen LogP) is 4.37. The van der Waals surface area contributed by atoms with Gasteiger partial charge >= 0.3 is 0 Å². The number of ether oxygens (including phenoxy) is 2. The first-order chi connectivity index (χ1) is 15.0. The number of nitrogens with one attached hydrogen (secondary N) is 1. The largest absolute Gasteiger partial charge is 0.454 e. The van der Waals surface area contributed by atoms with Gasteiger partial charge in [-0.05, 0) is 49.6 Å². The highest BCUT2D eigenvalue weighted by Gasteiger charge is 2.43. The molecule has 158 valence electrons. The Labute approximate surface area is 178 Å². The Morgan fingerprint density at radius 1 is 1.10 bits per heavy atom. The Morgan fingerprint density at radius 3 is 2.74 bits per heavy atom. The third-order valence-corrected chi connectivity index (χ3v) is 6.03. The summed E-state index contributed by atoms with van der Waals surface area (Å²) in [6, 6.07) is 11.5. The lowest BCUT2D eigenvalue weighted by Gasteiger charge is -2.36. The molecule has 0 spiro atoms.